The molecular formula is C10H15N2O6P. The Labute approximate surface area is 108 Å². The number of nitrogens with one attached hydrogen (secondary N) is 1. The van der Waals surface area contributed by atoms with Crippen molar-refractivity contribution >= 4 is 7.60 Å². The van der Waals surface area contributed by atoms with Crippen LogP contribution in [0, 0.1) is 6.92 Å². The number of nitrogens with zero attached hydrogens (tertiary/aromatic N) is 1. The third-order valence-electron chi connectivity index (χ3n) is 2.98. The summed E-state index contributed by atoms with van der Waals surface area (Å²) >= 11 is 0. The van der Waals surface area contributed by atoms with Gasteiger partial charge in [-0.15, -0.1) is 0 Å². The van der Waals surface area contributed by atoms with Crippen LogP contribution in [0.3, 0.4) is 0 Å². The highest BCUT2D eigenvalue weighted by molar-refractivity contribution is 7.51. The first-order valence-corrected chi connectivity index (χ1v) is 7.58. The summed E-state index contributed by atoms with van der Waals surface area (Å²) in [7, 11) is -4.13. The SMILES string of the molecule is Cc1cn([C@H]2CC[C@@H](CP(=O)(O)O)O2)c(=O)[nH]c1=O. The van der Waals surface area contributed by atoms with Crippen LogP contribution in [0.2, 0.25) is 0 Å². The van der Waals surface area contributed by atoms with Crippen LogP contribution in [-0.4, -0.2) is 31.6 Å². The molecule has 1 aromatic heterocycles. The molecule has 3 N–H and O–H groups in total. The molecule has 106 valence electrons. The monoisotopic (exact) mass is 290 g/mol. The molecule has 1 aromatic rings. The number of ether oxygens (including phenoxy) is 1. The fraction of sp³-hybridized carbons (Fsp3) is 0.600. The second-order valence-corrected chi connectivity index (χ2v) is 6.31. The van der Waals surface area contributed by atoms with Gasteiger partial charge in [-0.25, -0.2) is 4.79 Å². The molecule has 1 fully saturated rings. The van der Waals surface area contributed by atoms with Crippen molar-refractivity contribution in [1.82, 2.24) is 9.55 Å². The smallest absolute Gasteiger partial charge is 0.330 e. The van der Waals surface area contributed by atoms with Gasteiger partial charge in [0.25, 0.3) is 5.56 Å². The van der Waals surface area contributed by atoms with Crippen molar-refractivity contribution in [3.8, 4) is 0 Å². The number of rotatable bonds is 3. The second-order valence-electron chi connectivity index (χ2n) is 4.62. The minimum atomic E-state index is -4.13. The number of aryl methyl sites for hydroxylation is 1. The van der Waals surface area contributed by atoms with Gasteiger partial charge in [0.2, 0.25) is 0 Å². The Morgan fingerprint density at radius 2 is 2.16 bits per heavy atom. The van der Waals surface area contributed by atoms with Gasteiger partial charge in [0.15, 0.2) is 0 Å². The van der Waals surface area contributed by atoms with Gasteiger partial charge in [0.1, 0.15) is 6.23 Å². The quantitative estimate of drug-likeness (QED) is 0.657. The maximum absolute atomic E-state index is 11.6. The first kappa shape index (κ1) is 14.2. The zero-order valence-electron chi connectivity index (χ0n) is 10.3. The maximum Gasteiger partial charge on any atom is 0.330 e. The van der Waals surface area contributed by atoms with E-state index in [9.17, 15) is 14.2 Å². The standard InChI is InChI=1S/C10H15N2O6P/c1-6-4-12(10(14)11-9(6)13)8-3-2-7(18-8)5-19(15,16)17/h4,7-8H,2-3,5H2,1H3,(H,11,13,14)(H2,15,16,17)/t7-,8+/m0/s1. The van der Waals surface area contributed by atoms with Crippen molar-refractivity contribution < 1.29 is 19.1 Å². The predicted octanol–water partition coefficient (Wildman–Crippen LogP) is -0.300. The van der Waals surface area contributed by atoms with E-state index in [1.54, 1.807) is 6.92 Å². The fourth-order valence-corrected chi connectivity index (χ4v) is 2.89. The summed E-state index contributed by atoms with van der Waals surface area (Å²) in [6.45, 7) is 1.57. The lowest BCUT2D eigenvalue weighted by Gasteiger charge is -2.16. The molecule has 0 unspecified atom stereocenters. The van der Waals surface area contributed by atoms with E-state index < -0.39 is 31.2 Å². The Kier molecular flexibility index (Phi) is 3.78. The van der Waals surface area contributed by atoms with Crippen molar-refractivity contribution in [2.24, 2.45) is 0 Å². The van der Waals surface area contributed by atoms with E-state index in [2.05, 4.69) is 4.98 Å². The summed E-state index contributed by atoms with van der Waals surface area (Å²) in [5.41, 5.74) is -0.662. The van der Waals surface area contributed by atoms with Crippen LogP contribution in [0.5, 0.6) is 0 Å². The van der Waals surface area contributed by atoms with Gasteiger partial charge < -0.3 is 14.5 Å². The van der Waals surface area contributed by atoms with Crippen molar-refractivity contribution in [2.45, 2.75) is 32.1 Å². The summed E-state index contributed by atoms with van der Waals surface area (Å²) in [6.07, 6.45) is 0.785. The van der Waals surface area contributed by atoms with E-state index in [1.165, 1.54) is 10.8 Å². The number of aromatic amines is 1. The number of aromatic nitrogens is 2. The Morgan fingerprint density at radius 3 is 2.79 bits per heavy atom. The Balaban J connectivity index is 2.18. The van der Waals surface area contributed by atoms with Crippen molar-refractivity contribution in [3.63, 3.8) is 0 Å². The Bertz CT molecular complexity index is 630. The molecule has 2 atom stereocenters. The highest BCUT2D eigenvalue weighted by Crippen LogP contribution is 2.40. The lowest BCUT2D eigenvalue weighted by Crippen LogP contribution is -2.33. The van der Waals surface area contributed by atoms with Crippen LogP contribution >= 0.6 is 7.60 Å². The minimum Gasteiger partial charge on any atom is -0.354 e. The molecule has 0 aliphatic carbocycles. The van der Waals surface area contributed by atoms with Gasteiger partial charge in [0, 0.05) is 11.8 Å². The van der Waals surface area contributed by atoms with E-state index in [-0.39, 0.29) is 6.16 Å². The van der Waals surface area contributed by atoms with Crippen LogP contribution in [0.25, 0.3) is 0 Å². The zero-order chi connectivity index (χ0) is 14.2. The van der Waals surface area contributed by atoms with E-state index in [0.717, 1.165) is 0 Å². The van der Waals surface area contributed by atoms with Crippen LogP contribution in [0.4, 0.5) is 0 Å². The maximum atomic E-state index is 11.6. The van der Waals surface area contributed by atoms with E-state index in [0.29, 0.717) is 18.4 Å². The molecule has 1 aliphatic rings. The molecule has 0 amide bonds. The first-order chi connectivity index (χ1) is 8.76. The third kappa shape index (κ3) is 3.42. The normalized spacial score (nSPS) is 23.7. The minimum absolute atomic E-state index is 0.361. The Hall–Kier alpha value is -1.21. The molecule has 0 spiro atoms. The van der Waals surface area contributed by atoms with Crippen molar-refractivity contribution in [2.75, 3.05) is 6.16 Å². The first-order valence-electron chi connectivity index (χ1n) is 5.78. The zero-order valence-corrected chi connectivity index (χ0v) is 11.2. The van der Waals surface area contributed by atoms with Crippen LogP contribution < -0.4 is 11.2 Å². The summed E-state index contributed by atoms with van der Waals surface area (Å²) in [5.74, 6) is 0. The molecule has 0 saturated carbocycles. The molecule has 2 rings (SSSR count). The Morgan fingerprint density at radius 1 is 1.47 bits per heavy atom. The van der Waals surface area contributed by atoms with E-state index in [1.807, 2.05) is 0 Å². The highest BCUT2D eigenvalue weighted by atomic mass is 31.2. The number of H-pyrrole nitrogens is 1. The molecule has 0 radical (unpaired) electrons. The second kappa shape index (κ2) is 5.05. The topological polar surface area (TPSA) is 122 Å². The molecular weight excluding hydrogens is 275 g/mol. The summed E-state index contributed by atoms with van der Waals surface area (Å²) in [4.78, 5) is 42.8. The van der Waals surface area contributed by atoms with Crippen LogP contribution in [0.15, 0.2) is 15.8 Å². The average molecular weight is 290 g/mol. The fourth-order valence-electron chi connectivity index (χ4n) is 2.09. The molecule has 0 bridgehead atoms. The summed E-state index contributed by atoms with van der Waals surface area (Å²) in [5, 5.41) is 0. The highest BCUT2D eigenvalue weighted by Gasteiger charge is 2.32. The van der Waals surface area contributed by atoms with E-state index >= 15 is 0 Å². The van der Waals surface area contributed by atoms with Crippen molar-refractivity contribution in [1.29, 1.82) is 0 Å². The van der Waals surface area contributed by atoms with Crippen molar-refractivity contribution in [3.05, 3.63) is 32.6 Å². The van der Waals surface area contributed by atoms with Gasteiger partial charge in [-0.2, -0.15) is 0 Å². The molecule has 0 aromatic carbocycles. The van der Waals surface area contributed by atoms with Crippen LogP contribution in [-0.2, 0) is 9.30 Å². The lowest BCUT2D eigenvalue weighted by molar-refractivity contribution is 0.00754. The molecule has 1 aliphatic heterocycles. The lowest BCUT2D eigenvalue weighted by atomic mass is 10.2. The van der Waals surface area contributed by atoms with Gasteiger partial charge in [0.05, 0.1) is 12.3 Å². The van der Waals surface area contributed by atoms with Gasteiger partial charge in [-0.05, 0) is 19.8 Å². The predicted molar refractivity (Wildman–Crippen MR) is 66.1 cm³/mol. The van der Waals surface area contributed by atoms with E-state index in [4.69, 9.17) is 14.5 Å². The summed E-state index contributed by atoms with van der Waals surface area (Å²) in [6, 6.07) is 0. The number of hydrogen-bond donors (Lipinski definition) is 3. The third-order valence-corrected chi connectivity index (χ3v) is 3.87. The van der Waals surface area contributed by atoms with Gasteiger partial charge in [-0.1, -0.05) is 0 Å². The number of hydrogen-bond acceptors (Lipinski definition) is 4. The molecule has 9 heteroatoms. The van der Waals surface area contributed by atoms with Crippen LogP contribution in [0.1, 0.15) is 24.6 Å². The molecule has 2 heterocycles. The summed E-state index contributed by atoms with van der Waals surface area (Å²) < 4.78 is 17.6. The molecule has 8 nitrogen and oxygen atoms in total. The largest absolute Gasteiger partial charge is 0.354 e. The molecule has 1 saturated heterocycles. The average Bonchev–Trinajstić information content (AvgIpc) is 2.69. The van der Waals surface area contributed by atoms with Gasteiger partial charge >= 0.3 is 13.3 Å². The van der Waals surface area contributed by atoms with Gasteiger partial charge in [-0.3, -0.25) is 18.9 Å². The molecule has 19 heavy (non-hydrogen) atoms.